The van der Waals surface area contributed by atoms with Gasteiger partial charge in [0, 0.05) is 12.6 Å². The third-order valence-electron chi connectivity index (χ3n) is 4.22. The molecule has 0 spiro atoms. The number of aryl methyl sites for hydroxylation is 1. The molecule has 4 aromatic rings. The van der Waals surface area contributed by atoms with Crippen molar-refractivity contribution in [1.82, 2.24) is 14.5 Å². The number of pyridine rings is 1. The topological polar surface area (TPSA) is 50.9 Å². The zero-order chi connectivity index (χ0) is 16.5. The molecule has 2 aromatic heterocycles. The van der Waals surface area contributed by atoms with Crippen LogP contribution in [0, 0.1) is 6.92 Å². The van der Waals surface area contributed by atoms with Crippen molar-refractivity contribution in [3.63, 3.8) is 0 Å². The number of fused-ring (bicyclic) bond motifs is 1. The van der Waals surface area contributed by atoms with Crippen molar-refractivity contribution in [2.45, 2.75) is 13.3 Å². The number of imidazole rings is 1. The Balaban J connectivity index is 1.94. The highest BCUT2D eigenvalue weighted by Crippen LogP contribution is 2.28. The molecule has 118 valence electrons. The quantitative estimate of drug-likeness (QED) is 0.621. The Bertz CT molecular complexity index is 1020. The first kappa shape index (κ1) is 14.5. The van der Waals surface area contributed by atoms with Gasteiger partial charge in [0.05, 0.1) is 5.69 Å². The third kappa shape index (κ3) is 2.42. The van der Waals surface area contributed by atoms with E-state index in [2.05, 4.69) is 24.0 Å². The van der Waals surface area contributed by atoms with Crippen LogP contribution in [0.15, 0.2) is 66.9 Å². The predicted molar refractivity (Wildman–Crippen MR) is 94.5 cm³/mol. The summed E-state index contributed by atoms with van der Waals surface area (Å²) in [6.07, 6.45) is 2.43. The Hall–Kier alpha value is -3.14. The summed E-state index contributed by atoms with van der Waals surface area (Å²) in [7, 11) is 0. The molecule has 0 aliphatic carbocycles. The maximum Gasteiger partial charge on any atom is 0.164 e. The number of aromatic nitrogens is 3. The molecular formula is C20H17N3O. The molecule has 0 saturated heterocycles. The molecule has 0 radical (unpaired) electrons. The van der Waals surface area contributed by atoms with E-state index in [9.17, 15) is 5.11 Å². The highest BCUT2D eigenvalue weighted by atomic mass is 16.3. The Morgan fingerprint density at radius 3 is 2.58 bits per heavy atom. The summed E-state index contributed by atoms with van der Waals surface area (Å²) >= 11 is 0. The first-order valence-electron chi connectivity index (χ1n) is 7.89. The fourth-order valence-corrected chi connectivity index (χ4v) is 2.96. The van der Waals surface area contributed by atoms with Gasteiger partial charge in [0.25, 0.3) is 0 Å². The minimum absolute atomic E-state index is 0.216. The fourth-order valence-electron chi connectivity index (χ4n) is 2.96. The van der Waals surface area contributed by atoms with Crippen molar-refractivity contribution in [3.05, 3.63) is 83.8 Å². The lowest BCUT2D eigenvalue weighted by molar-refractivity contribution is 0.472. The number of nitrogens with zero attached hydrogens (tertiary/aromatic N) is 3. The molecule has 0 unspecified atom stereocenters. The molecule has 0 amide bonds. The molecular weight excluding hydrogens is 298 g/mol. The van der Waals surface area contributed by atoms with Gasteiger partial charge in [-0.25, -0.2) is 9.97 Å². The summed E-state index contributed by atoms with van der Waals surface area (Å²) in [5, 5.41) is 10.3. The third-order valence-corrected chi connectivity index (χ3v) is 4.22. The first-order valence-corrected chi connectivity index (χ1v) is 7.89. The second kappa shape index (κ2) is 5.81. The monoisotopic (exact) mass is 315 g/mol. The molecule has 0 atom stereocenters. The minimum Gasteiger partial charge on any atom is -0.506 e. The summed E-state index contributed by atoms with van der Waals surface area (Å²) in [6, 6.07) is 19.4. The molecule has 4 rings (SSSR count). The Morgan fingerprint density at radius 1 is 0.958 bits per heavy atom. The van der Waals surface area contributed by atoms with E-state index in [-0.39, 0.29) is 5.75 Å². The molecule has 0 fully saturated rings. The number of hydrogen-bond acceptors (Lipinski definition) is 3. The van der Waals surface area contributed by atoms with Gasteiger partial charge in [0.2, 0.25) is 0 Å². The van der Waals surface area contributed by atoms with Crippen molar-refractivity contribution >= 4 is 11.2 Å². The maximum atomic E-state index is 10.3. The second-order valence-corrected chi connectivity index (χ2v) is 5.80. The number of para-hydroxylation sites is 2. The zero-order valence-electron chi connectivity index (χ0n) is 13.3. The van der Waals surface area contributed by atoms with Crippen LogP contribution in [0.5, 0.6) is 5.75 Å². The molecule has 4 heteroatoms. The van der Waals surface area contributed by atoms with Gasteiger partial charge in [-0.2, -0.15) is 0 Å². The van der Waals surface area contributed by atoms with E-state index in [1.807, 2.05) is 47.0 Å². The number of rotatable bonds is 3. The fraction of sp³-hybridized carbons (Fsp3) is 0.100. The van der Waals surface area contributed by atoms with Crippen LogP contribution < -0.4 is 0 Å². The van der Waals surface area contributed by atoms with E-state index < -0.39 is 0 Å². The van der Waals surface area contributed by atoms with Gasteiger partial charge in [0.15, 0.2) is 5.65 Å². The Labute approximate surface area is 140 Å². The first-order chi connectivity index (χ1) is 11.7. The van der Waals surface area contributed by atoms with Crippen LogP contribution in [0.2, 0.25) is 0 Å². The lowest BCUT2D eigenvalue weighted by Gasteiger charge is -2.11. The lowest BCUT2D eigenvalue weighted by atomic mass is 10.1. The largest absolute Gasteiger partial charge is 0.506 e. The normalized spacial score (nSPS) is 11.0. The number of benzene rings is 2. The van der Waals surface area contributed by atoms with Crippen molar-refractivity contribution < 1.29 is 5.11 Å². The second-order valence-electron chi connectivity index (χ2n) is 5.80. The van der Waals surface area contributed by atoms with Crippen molar-refractivity contribution in [3.8, 4) is 11.4 Å². The van der Waals surface area contributed by atoms with Crippen LogP contribution in [-0.4, -0.2) is 19.6 Å². The van der Waals surface area contributed by atoms with Crippen LogP contribution >= 0.6 is 0 Å². The van der Waals surface area contributed by atoms with E-state index in [4.69, 9.17) is 4.98 Å². The average Bonchev–Trinajstić information content (AvgIpc) is 2.95. The Morgan fingerprint density at radius 2 is 1.75 bits per heavy atom. The van der Waals surface area contributed by atoms with Gasteiger partial charge >= 0.3 is 0 Å². The molecule has 1 N–H and O–H groups in total. The van der Waals surface area contributed by atoms with E-state index in [0.717, 1.165) is 17.0 Å². The SMILES string of the molecule is Cc1ccccc1Cc1nc2cccnc2n1-c1ccccc1O. The van der Waals surface area contributed by atoms with Crippen LogP contribution in [-0.2, 0) is 6.42 Å². The van der Waals surface area contributed by atoms with Gasteiger partial charge in [0.1, 0.15) is 17.1 Å². The molecule has 4 nitrogen and oxygen atoms in total. The van der Waals surface area contributed by atoms with Gasteiger partial charge in [-0.1, -0.05) is 36.4 Å². The van der Waals surface area contributed by atoms with Gasteiger partial charge < -0.3 is 5.11 Å². The Kier molecular flexibility index (Phi) is 3.50. The van der Waals surface area contributed by atoms with Crippen LogP contribution in [0.3, 0.4) is 0 Å². The molecule has 0 aliphatic rings. The summed E-state index contributed by atoms with van der Waals surface area (Å²) < 4.78 is 1.94. The summed E-state index contributed by atoms with van der Waals surface area (Å²) in [6.45, 7) is 2.10. The smallest absolute Gasteiger partial charge is 0.164 e. The van der Waals surface area contributed by atoms with E-state index in [1.165, 1.54) is 11.1 Å². The lowest BCUT2D eigenvalue weighted by Crippen LogP contribution is -2.04. The molecule has 0 bridgehead atoms. The highest BCUT2D eigenvalue weighted by molar-refractivity contribution is 5.75. The standard InChI is InChI=1S/C20H17N3O/c1-14-7-2-3-8-15(14)13-19-22-16-9-6-12-21-20(16)23(19)17-10-4-5-11-18(17)24/h2-12,24H,13H2,1H3. The summed E-state index contributed by atoms with van der Waals surface area (Å²) in [5.74, 6) is 1.08. The molecule has 0 saturated carbocycles. The number of hydrogen-bond donors (Lipinski definition) is 1. The predicted octanol–water partition coefficient (Wildman–Crippen LogP) is 4.03. The van der Waals surface area contributed by atoms with Gasteiger partial charge in [-0.05, 0) is 42.3 Å². The molecule has 2 aromatic carbocycles. The molecule has 24 heavy (non-hydrogen) atoms. The number of aromatic hydroxyl groups is 1. The van der Waals surface area contributed by atoms with Crippen molar-refractivity contribution in [1.29, 1.82) is 0 Å². The molecule has 0 aliphatic heterocycles. The zero-order valence-corrected chi connectivity index (χ0v) is 13.3. The summed E-state index contributed by atoms with van der Waals surface area (Å²) in [4.78, 5) is 9.23. The number of phenols is 1. The highest BCUT2D eigenvalue weighted by Gasteiger charge is 2.16. The van der Waals surface area contributed by atoms with Gasteiger partial charge in [-0.3, -0.25) is 4.57 Å². The minimum atomic E-state index is 0.216. The maximum absolute atomic E-state index is 10.3. The van der Waals surface area contributed by atoms with Crippen LogP contribution in [0.4, 0.5) is 0 Å². The summed E-state index contributed by atoms with van der Waals surface area (Å²) in [5.41, 5.74) is 4.71. The van der Waals surface area contributed by atoms with Crippen molar-refractivity contribution in [2.75, 3.05) is 0 Å². The number of phenolic OH excluding ortho intramolecular Hbond substituents is 1. The van der Waals surface area contributed by atoms with E-state index in [0.29, 0.717) is 12.1 Å². The van der Waals surface area contributed by atoms with Crippen LogP contribution in [0.1, 0.15) is 17.0 Å². The van der Waals surface area contributed by atoms with Crippen molar-refractivity contribution in [2.24, 2.45) is 0 Å². The molecule has 2 heterocycles. The van der Waals surface area contributed by atoms with E-state index >= 15 is 0 Å². The average molecular weight is 315 g/mol. The van der Waals surface area contributed by atoms with E-state index in [1.54, 1.807) is 12.3 Å². The van der Waals surface area contributed by atoms with Gasteiger partial charge in [-0.15, -0.1) is 0 Å². The van der Waals surface area contributed by atoms with Crippen LogP contribution in [0.25, 0.3) is 16.9 Å².